The fourth-order valence-corrected chi connectivity index (χ4v) is 5.66. The molecule has 0 amide bonds. The molecule has 1 aliphatic rings. The largest absolute Gasteiger partial charge is 0.493 e. The summed E-state index contributed by atoms with van der Waals surface area (Å²) in [7, 11) is -3.26. The lowest BCUT2D eigenvalue weighted by Gasteiger charge is -2.40. The standard InChI is InChI=1S/C31H30N3O6P/c1-41(36,39-17-23-8-4-2-5-9-23)40-21-31(18-37-19-31)20-38-26-14-12-24(13-15-26)27-16-34(25-10-6-3-7-11-25)29-28(27)30(35)33-22-32-29/h2-16,22H,17-21H2,1H3,(H,32,33,35). The molecular weight excluding hydrogens is 541 g/mol. The minimum Gasteiger partial charge on any atom is -0.493 e. The molecule has 6 rings (SSSR count). The van der Waals surface area contributed by atoms with Crippen LogP contribution in [0.25, 0.3) is 27.8 Å². The van der Waals surface area contributed by atoms with Crippen molar-refractivity contribution < 1.29 is 23.1 Å². The predicted octanol–water partition coefficient (Wildman–Crippen LogP) is 5.83. The van der Waals surface area contributed by atoms with Crippen LogP contribution in [-0.4, -0.2) is 47.6 Å². The van der Waals surface area contributed by atoms with Crippen molar-refractivity contribution in [2.45, 2.75) is 6.61 Å². The maximum atomic E-state index is 12.9. The van der Waals surface area contributed by atoms with Crippen molar-refractivity contribution in [1.29, 1.82) is 0 Å². The van der Waals surface area contributed by atoms with Crippen LogP contribution >= 0.6 is 7.60 Å². The van der Waals surface area contributed by atoms with Gasteiger partial charge in [-0.25, -0.2) is 4.98 Å². The Morgan fingerprint density at radius 2 is 1.66 bits per heavy atom. The summed E-state index contributed by atoms with van der Waals surface area (Å²) in [5.41, 5.74) is 3.45. The normalized spacial score (nSPS) is 15.7. The van der Waals surface area contributed by atoms with E-state index in [1.807, 2.05) is 95.7 Å². The van der Waals surface area contributed by atoms with Gasteiger partial charge in [0.1, 0.15) is 12.4 Å². The second kappa shape index (κ2) is 11.5. The Balaban J connectivity index is 1.13. The zero-order valence-corrected chi connectivity index (χ0v) is 23.5. The van der Waals surface area contributed by atoms with Gasteiger partial charge in [-0.3, -0.25) is 9.36 Å². The number of aromatic amines is 1. The highest BCUT2D eigenvalue weighted by Crippen LogP contribution is 2.47. The van der Waals surface area contributed by atoms with E-state index < -0.39 is 13.0 Å². The smallest absolute Gasteiger partial charge is 0.327 e. The van der Waals surface area contributed by atoms with E-state index in [9.17, 15) is 9.36 Å². The van der Waals surface area contributed by atoms with Gasteiger partial charge < -0.3 is 28.1 Å². The van der Waals surface area contributed by atoms with Crippen LogP contribution in [0.2, 0.25) is 0 Å². The summed E-state index contributed by atoms with van der Waals surface area (Å²) in [5, 5.41) is 0.520. The van der Waals surface area contributed by atoms with Gasteiger partial charge in [0.15, 0.2) is 5.65 Å². The van der Waals surface area contributed by atoms with Gasteiger partial charge in [-0.1, -0.05) is 60.7 Å². The van der Waals surface area contributed by atoms with Crippen LogP contribution in [0.15, 0.2) is 102 Å². The van der Waals surface area contributed by atoms with E-state index in [2.05, 4.69) is 9.97 Å². The molecule has 41 heavy (non-hydrogen) atoms. The highest BCUT2D eigenvalue weighted by Gasteiger charge is 2.42. The molecule has 2 aromatic heterocycles. The molecule has 3 aromatic carbocycles. The molecule has 1 fully saturated rings. The molecule has 9 nitrogen and oxygen atoms in total. The van der Waals surface area contributed by atoms with E-state index in [-0.39, 0.29) is 18.8 Å². The maximum absolute atomic E-state index is 12.9. The molecule has 0 spiro atoms. The Kier molecular flexibility index (Phi) is 7.60. The number of benzene rings is 3. The van der Waals surface area contributed by atoms with Crippen molar-refractivity contribution in [2.24, 2.45) is 5.41 Å². The third-order valence-corrected chi connectivity index (χ3v) is 8.26. The fourth-order valence-electron chi connectivity index (χ4n) is 4.70. The van der Waals surface area contributed by atoms with E-state index in [0.29, 0.717) is 36.6 Å². The second-order valence-electron chi connectivity index (χ2n) is 10.3. The van der Waals surface area contributed by atoms with Crippen LogP contribution < -0.4 is 10.3 Å². The zero-order valence-electron chi connectivity index (χ0n) is 22.6. The van der Waals surface area contributed by atoms with Gasteiger partial charge >= 0.3 is 7.60 Å². The summed E-state index contributed by atoms with van der Waals surface area (Å²) in [6, 6.07) is 26.9. The van der Waals surface area contributed by atoms with Crippen molar-refractivity contribution in [1.82, 2.24) is 14.5 Å². The average Bonchev–Trinajstić information content (AvgIpc) is 3.38. The Labute approximate surface area is 237 Å². The molecular formula is C31H30N3O6P. The minimum atomic E-state index is -3.26. The van der Waals surface area contributed by atoms with Crippen molar-refractivity contribution in [3.05, 3.63) is 113 Å². The van der Waals surface area contributed by atoms with Crippen LogP contribution in [0.1, 0.15) is 5.56 Å². The maximum Gasteiger partial charge on any atom is 0.327 e. The highest BCUT2D eigenvalue weighted by molar-refractivity contribution is 7.52. The monoisotopic (exact) mass is 571 g/mol. The number of para-hydroxylation sites is 1. The van der Waals surface area contributed by atoms with Crippen molar-refractivity contribution in [3.63, 3.8) is 0 Å². The van der Waals surface area contributed by atoms with Crippen molar-refractivity contribution in [3.8, 4) is 22.6 Å². The quantitative estimate of drug-likeness (QED) is 0.199. The van der Waals surface area contributed by atoms with E-state index in [0.717, 1.165) is 22.4 Å². The zero-order chi connectivity index (χ0) is 28.3. The number of nitrogens with zero attached hydrogens (tertiary/aromatic N) is 2. The second-order valence-corrected chi connectivity index (χ2v) is 12.3. The first kappa shape index (κ1) is 27.2. The highest BCUT2D eigenvalue weighted by atomic mass is 31.2. The third kappa shape index (κ3) is 6.04. The van der Waals surface area contributed by atoms with Crippen molar-refractivity contribution in [2.75, 3.05) is 33.1 Å². The molecule has 5 aromatic rings. The molecule has 210 valence electrons. The Morgan fingerprint density at radius 1 is 0.951 bits per heavy atom. The van der Waals surface area contributed by atoms with E-state index in [1.165, 1.54) is 13.0 Å². The third-order valence-electron chi connectivity index (χ3n) is 7.06. The Hall–Kier alpha value is -4.01. The summed E-state index contributed by atoms with van der Waals surface area (Å²) >= 11 is 0. The van der Waals surface area contributed by atoms with Gasteiger partial charge in [-0.2, -0.15) is 0 Å². The number of aromatic nitrogens is 3. The number of rotatable bonds is 11. The van der Waals surface area contributed by atoms with Crippen LogP contribution in [0.5, 0.6) is 5.75 Å². The number of hydrogen-bond donors (Lipinski definition) is 1. The van der Waals surface area contributed by atoms with Crippen LogP contribution in [0.4, 0.5) is 0 Å². The van der Waals surface area contributed by atoms with Gasteiger partial charge in [0.25, 0.3) is 5.56 Å². The molecule has 1 saturated heterocycles. The first-order valence-corrected chi connectivity index (χ1v) is 15.3. The number of H-pyrrole nitrogens is 1. The number of fused-ring (bicyclic) bond motifs is 1. The van der Waals surface area contributed by atoms with Crippen molar-refractivity contribution >= 4 is 18.6 Å². The van der Waals surface area contributed by atoms with Crippen LogP contribution in [-0.2, 0) is 25.0 Å². The summed E-state index contributed by atoms with van der Waals surface area (Å²) in [6.07, 6.45) is 3.35. The summed E-state index contributed by atoms with van der Waals surface area (Å²) < 4.78 is 37.7. The van der Waals surface area contributed by atoms with E-state index in [4.69, 9.17) is 18.5 Å². The summed E-state index contributed by atoms with van der Waals surface area (Å²) in [5.74, 6) is 0.666. The molecule has 1 aliphatic heterocycles. The minimum absolute atomic E-state index is 0.197. The topological polar surface area (TPSA) is 105 Å². The molecule has 0 bridgehead atoms. The van der Waals surface area contributed by atoms with Crippen LogP contribution in [0, 0.1) is 5.41 Å². The molecule has 0 radical (unpaired) electrons. The van der Waals surface area contributed by atoms with E-state index in [1.54, 1.807) is 0 Å². The molecule has 1 atom stereocenters. The Bertz CT molecular complexity index is 1730. The summed E-state index contributed by atoms with van der Waals surface area (Å²) in [6.45, 7) is 3.12. The lowest BCUT2D eigenvalue weighted by Crippen LogP contribution is -2.50. The first-order chi connectivity index (χ1) is 19.9. The Morgan fingerprint density at radius 3 is 2.34 bits per heavy atom. The lowest BCUT2D eigenvalue weighted by molar-refractivity contribution is -0.150. The SMILES string of the molecule is CP(=O)(OCc1ccccc1)OCC1(COc2ccc(-c3cn(-c4ccccc4)c4nc[nH]c(=O)c34)cc2)COC1. The van der Waals surface area contributed by atoms with Gasteiger partial charge in [0.2, 0.25) is 0 Å². The summed E-state index contributed by atoms with van der Waals surface area (Å²) in [4.78, 5) is 19.9. The molecule has 1 unspecified atom stereocenters. The van der Waals surface area contributed by atoms with Crippen LogP contribution in [0.3, 0.4) is 0 Å². The van der Waals surface area contributed by atoms with Gasteiger partial charge in [0, 0.05) is 24.1 Å². The first-order valence-electron chi connectivity index (χ1n) is 13.3. The lowest BCUT2D eigenvalue weighted by atomic mass is 9.88. The number of hydrogen-bond acceptors (Lipinski definition) is 7. The number of ether oxygens (including phenoxy) is 2. The van der Waals surface area contributed by atoms with Gasteiger partial charge in [-0.15, -0.1) is 0 Å². The molecule has 10 heteroatoms. The van der Waals surface area contributed by atoms with Gasteiger partial charge in [-0.05, 0) is 35.4 Å². The molecule has 3 heterocycles. The predicted molar refractivity (Wildman–Crippen MR) is 157 cm³/mol. The molecule has 0 aliphatic carbocycles. The average molecular weight is 572 g/mol. The fraction of sp³-hybridized carbons (Fsp3) is 0.226. The van der Waals surface area contributed by atoms with Gasteiger partial charge in [0.05, 0.1) is 43.6 Å². The molecule has 1 N–H and O–H groups in total. The van der Waals surface area contributed by atoms with E-state index >= 15 is 0 Å². The number of nitrogens with one attached hydrogen (secondary N) is 1. The molecule has 0 saturated carbocycles.